The molecule has 1 aliphatic rings. The maximum Gasteiger partial charge on any atom is 0.238 e. The van der Waals surface area contributed by atoms with Crippen LogP contribution in [0.2, 0.25) is 0 Å². The molecule has 11 nitrogen and oxygen atoms in total. The maximum absolute atomic E-state index is 11.4. The van der Waals surface area contributed by atoms with E-state index in [2.05, 4.69) is 25.8 Å². The van der Waals surface area contributed by atoms with Gasteiger partial charge in [0.05, 0.1) is 12.9 Å². The fourth-order valence-electron chi connectivity index (χ4n) is 2.49. The number of nitrogens with zero attached hydrogens (tertiary/aromatic N) is 4. The summed E-state index contributed by atoms with van der Waals surface area (Å²) >= 11 is 1.91. The first-order valence-electron chi connectivity index (χ1n) is 7.53. The number of hydrogen-bond donors (Lipinski definition) is 5. The van der Waals surface area contributed by atoms with E-state index in [1.54, 1.807) is 6.92 Å². The van der Waals surface area contributed by atoms with Crippen molar-refractivity contribution in [2.45, 2.75) is 37.9 Å². The summed E-state index contributed by atoms with van der Waals surface area (Å²) in [6.07, 6.45) is -2.65. The Morgan fingerprint density at radius 1 is 1.40 bits per heavy atom. The molecule has 3 rings (SSSR count). The van der Waals surface area contributed by atoms with Gasteiger partial charge in [-0.15, -0.1) is 0 Å². The number of anilines is 1. The van der Waals surface area contributed by atoms with Crippen LogP contribution in [-0.4, -0.2) is 65.7 Å². The normalized spacial score (nSPS) is 26.1. The topological polar surface area (TPSA) is 155 Å². The van der Waals surface area contributed by atoms with Crippen LogP contribution >= 0.6 is 22.6 Å². The van der Waals surface area contributed by atoms with Gasteiger partial charge in [-0.3, -0.25) is 20.2 Å². The number of carbonyl (C=O) groups excluding carboxylic acids is 1. The average molecular weight is 464 g/mol. The second kappa shape index (κ2) is 7.33. The Hall–Kier alpha value is -1.61. The second-order valence-corrected chi connectivity index (χ2v) is 6.39. The van der Waals surface area contributed by atoms with E-state index < -0.39 is 31.1 Å². The third-order valence-electron chi connectivity index (χ3n) is 3.83. The van der Waals surface area contributed by atoms with Gasteiger partial charge in [-0.25, -0.2) is 15.0 Å². The molecule has 2 aromatic rings. The SMILES string of the molecule is CCC(=O)NNc1nc(I)nc2c1ncn2[C@@H]1O[C@H](CO)[C@@H](O)[C@H]1O. The van der Waals surface area contributed by atoms with Crippen molar-refractivity contribution in [1.29, 1.82) is 0 Å². The highest BCUT2D eigenvalue weighted by atomic mass is 127. The van der Waals surface area contributed by atoms with Crippen LogP contribution in [-0.2, 0) is 9.53 Å². The minimum Gasteiger partial charge on any atom is -0.394 e. The molecule has 0 radical (unpaired) electrons. The Morgan fingerprint density at radius 3 is 2.80 bits per heavy atom. The minimum absolute atomic E-state index is 0.218. The van der Waals surface area contributed by atoms with E-state index in [1.165, 1.54) is 10.9 Å². The van der Waals surface area contributed by atoms with Crippen molar-refractivity contribution in [3.05, 3.63) is 10.2 Å². The van der Waals surface area contributed by atoms with Crippen LogP contribution < -0.4 is 10.9 Å². The number of nitrogens with one attached hydrogen (secondary N) is 2. The molecule has 3 heterocycles. The Balaban J connectivity index is 1.96. The van der Waals surface area contributed by atoms with Gasteiger partial charge in [0.1, 0.15) is 18.3 Å². The van der Waals surface area contributed by atoms with Crippen LogP contribution in [0.1, 0.15) is 19.6 Å². The van der Waals surface area contributed by atoms with Crippen molar-refractivity contribution < 1.29 is 24.9 Å². The van der Waals surface area contributed by atoms with Crippen LogP contribution in [0.3, 0.4) is 0 Å². The summed E-state index contributed by atoms with van der Waals surface area (Å²) < 4.78 is 7.34. The number of imidazole rings is 1. The molecule has 1 fully saturated rings. The largest absolute Gasteiger partial charge is 0.394 e. The van der Waals surface area contributed by atoms with Crippen molar-refractivity contribution in [1.82, 2.24) is 24.9 Å². The third-order valence-corrected chi connectivity index (χ3v) is 4.31. The number of rotatable bonds is 5. The van der Waals surface area contributed by atoms with E-state index in [-0.39, 0.29) is 5.91 Å². The number of hydrazine groups is 1. The Labute approximate surface area is 155 Å². The van der Waals surface area contributed by atoms with Gasteiger partial charge in [-0.2, -0.15) is 0 Å². The summed E-state index contributed by atoms with van der Waals surface area (Å²) in [4.78, 5) is 24.1. The summed E-state index contributed by atoms with van der Waals surface area (Å²) in [5.41, 5.74) is 5.90. The fourth-order valence-corrected chi connectivity index (χ4v) is 2.96. The zero-order valence-corrected chi connectivity index (χ0v) is 15.3. The smallest absolute Gasteiger partial charge is 0.238 e. The van der Waals surface area contributed by atoms with Gasteiger partial charge in [0.15, 0.2) is 27.0 Å². The summed E-state index contributed by atoms with van der Waals surface area (Å²) in [7, 11) is 0. The van der Waals surface area contributed by atoms with Crippen molar-refractivity contribution in [3.63, 3.8) is 0 Å². The lowest BCUT2D eigenvalue weighted by Gasteiger charge is -2.16. The molecule has 136 valence electrons. The molecule has 1 saturated heterocycles. The first kappa shape index (κ1) is 18.2. The van der Waals surface area contributed by atoms with E-state index in [4.69, 9.17) is 4.74 Å². The lowest BCUT2D eigenvalue weighted by Crippen LogP contribution is -2.33. The molecule has 0 bridgehead atoms. The fraction of sp³-hybridized carbons (Fsp3) is 0.538. The minimum atomic E-state index is -1.25. The number of aliphatic hydroxyl groups excluding tert-OH is 3. The Morgan fingerprint density at radius 2 is 2.16 bits per heavy atom. The van der Waals surface area contributed by atoms with E-state index in [0.29, 0.717) is 27.2 Å². The standard InChI is InChI=1S/C13H17IN6O5/c1-2-6(22)18-19-10-7-11(17-13(14)16-10)20(4-15-7)12-9(24)8(23)5(3-21)25-12/h4-5,8-9,12,21,23-24H,2-3H2,1H3,(H,18,22)(H,16,17,19)/t5-,8-,9-,12-/m1/s1. The van der Waals surface area contributed by atoms with E-state index >= 15 is 0 Å². The predicted molar refractivity (Wildman–Crippen MR) is 93.1 cm³/mol. The number of fused-ring (bicyclic) bond motifs is 1. The molecule has 5 N–H and O–H groups in total. The molecular weight excluding hydrogens is 447 g/mol. The number of carbonyl (C=O) groups is 1. The van der Waals surface area contributed by atoms with Gasteiger partial charge in [0.25, 0.3) is 0 Å². The van der Waals surface area contributed by atoms with E-state index in [1.807, 2.05) is 22.6 Å². The zero-order chi connectivity index (χ0) is 18.1. The number of hydrogen-bond acceptors (Lipinski definition) is 9. The van der Waals surface area contributed by atoms with Crippen molar-refractivity contribution in [2.24, 2.45) is 0 Å². The molecule has 1 amide bonds. The molecule has 4 atom stereocenters. The monoisotopic (exact) mass is 464 g/mol. The number of amides is 1. The van der Waals surface area contributed by atoms with Crippen molar-refractivity contribution in [2.75, 3.05) is 12.0 Å². The molecule has 1 aliphatic heterocycles. The molecule has 0 aromatic carbocycles. The van der Waals surface area contributed by atoms with Crippen molar-refractivity contribution >= 4 is 45.5 Å². The molecule has 0 spiro atoms. The van der Waals surface area contributed by atoms with Crippen molar-refractivity contribution in [3.8, 4) is 0 Å². The third kappa shape index (κ3) is 3.39. The van der Waals surface area contributed by atoms with Crippen LogP contribution in [0, 0.1) is 3.83 Å². The molecule has 12 heteroatoms. The van der Waals surface area contributed by atoms with Crippen LogP contribution in [0.5, 0.6) is 0 Å². The average Bonchev–Trinajstić information content (AvgIpc) is 3.14. The van der Waals surface area contributed by atoms with Crippen LogP contribution in [0.4, 0.5) is 5.82 Å². The van der Waals surface area contributed by atoms with Gasteiger partial charge >= 0.3 is 0 Å². The highest BCUT2D eigenvalue weighted by molar-refractivity contribution is 14.1. The summed E-state index contributed by atoms with van der Waals surface area (Å²) in [5, 5.41) is 29.3. The molecule has 2 aromatic heterocycles. The molecular formula is C13H17IN6O5. The van der Waals surface area contributed by atoms with Gasteiger partial charge in [0, 0.05) is 29.0 Å². The van der Waals surface area contributed by atoms with Crippen LogP contribution in [0.15, 0.2) is 6.33 Å². The molecule has 25 heavy (non-hydrogen) atoms. The number of halogens is 1. The Kier molecular flexibility index (Phi) is 5.33. The number of aromatic nitrogens is 4. The highest BCUT2D eigenvalue weighted by Crippen LogP contribution is 2.32. The summed E-state index contributed by atoms with van der Waals surface area (Å²) in [5.74, 6) is 0.0753. The lowest BCUT2D eigenvalue weighted by atomic mass is 10.1. The summed E-state index contributed by atoms with van der Waals surface area (Å²) in [6.45, 7) is 1.29. The quantitative estimate of drug-likeness (QED) is 0.211. The molecule has 0 unspecified atom stereocenters. The number of ether oxygens (including phenoxy) is 1. The molecule has 0 saturated carbocycles. The van der Waals surface area contributed by atoms with E-state index in [9.17, 15) is 20.1 Å². The number of aliphatic hydroxyl groups is 3. The van der Waals surface area contributed by atoms with Gasteiger partial charge in [-0.05, 0) is 0 Å². The van der Waals surface area contributed by atoms with Gasteiger partial charge in [-0.1, -0.05) is 6.92 Å². The molecule has 0 aliphatic carbocycles. The first-order valence-corrected chi connectivity index (χ1v) is 8.61. The zero-order valence-electron chi connectivity index (χ0n) is 13.1. The van der Waals surface area contributed by atoms with Gasteiger partial charge in [0.2, 0.25) is 5.91 Å². The highest BCUT2D eigenvalue weighted by Gasteiger charge is 2.44. The maximum atomic E-state index is 11.4. The lowest BCUT2D eigenvalue weighted by molar-refractivity contribution is -0.120. The predicted octanol–water partition coefficient (Wildman–Crippen LogP) is -1.10. The second-order valence-electron chi connectivity index (χ2n) is 5.42. The van der Waals surface area contributed by atoms with E-state index in [0.717, 1.165) is 0 Å². The Bertz CT molecular complexity index is 786. The summed E-state index contributed by atoms with van der Waals surface area (Å²) in [6, 6.07) is 0. The first-order chi connectivity index (χ1) is 12.0. The van der Waals surface area contributed by atoms with Gasteiger partial charge < -0.3 is 20.1 Å². The van der Waals surface area contributed by atoms with Crippen LogP contribution in [0.25, 0.3) is 11.2 Å².